The van der Waals surface area contributed by atoms with Gasteiger partial charge < -0.3 is 4.74 Å². The fraction of sp³-hybridized carbons (Fsp3) is 0.250. The van der Waals surface area contributed by atoms with Crippen molar-refractivity contribution in [2.75, 3.05) is 12.2 Å². The normalized spacial score (nSPS) is 10.6. The summed E-state index contributed by atoms with van der Waals surface area (Å²) < 4.78 is 5.10. The van der Waals surface area contributed by atoms with Gasteiger partial charge in [0.05, 0.1) is 18.5 Å². The zero-order chi connectivity index (χ0) is 13.8. The fourth-order valence-electron chi connectivity index (χ4n) is 1.87. The Morgan fingerprint density at radius 3 is 1.79 bits per heavy atom. The van der Waals surface area contributed by atoms with E-state index in [2.05, 4.69) is 13.8 Å². The van der Waals surface area contributed by atoms with Crippen molar-refractivity contribution in [1.82, 2.24) is 0 Å². The molecule has 3 heteroatoms. The fourth-order valence-corrected chi connectivity index (χ4v) is 1.87. The maximum absolute atomic E-state index is 10.2. The second-order valence-electron chi connectivity index (χ2n) is 4.76. The van der Waals surface area contributed by atoms with Crippen LogP contribution in [0.25, 0.3) is 0 Å². The van der Waals surface area contributed by atoms with Crippen molar-refractivity contribution in [2.45, 2.75) is 19.8 Å². The summed E-state index contributed by atoms with van der Waals surface area (Å²) in [7, 11) is 1.62. The number of rotatable bonds is 4. The van der Waals surface area contributed by atoms with Crippen LogP contribution in [0.3, 0.4) is 0 Å². The Bertz CT molecular complexity index is 517. The van der Waals surface area contributed by atoms with E-state index >= 15 is 0 Å². The van der Waals surface area contributed by atoms with Gasteiger partial charge in [0.2, 0.25) is 0 Å². The molecule has 0 saturated heterocycles. The van der Waals surface area contributed by atoms with Crippen molar-refractivity contribution < 1.29 is 9.94 Å². The lowest BCUT2D eigenvalue weighted by Gasteiger charge is -2.18. The van der Waals surface area contributed by atoms with Gasteiger partial charge in [-0.2, -0.15) is 0 Å². The topological polar surface area (TPSA) is 32.7 Å². The highest BCUT2D eigenvalue weighted by Gasteiger charge is 2.07. The van der Waals surface area contributed by atoms with Gasteiger partial charge in [-0.25, -0.2) is 5.06 Å². The van der Waals surface area contributed by atoms with Gasteiger partial charge in [0, 0.05) is 0 Å². The Labute approximate surface area is 114 Å². The van der Waals surface area contributed by atoms with Gasteiger partial charge >= 0.3 is 0 Å². The Kier molecular flexibility index (Phi) is 4.07. The number of hydrogen-bond acceptors (Lipinski definition) is 3. The van der Waals surface area contributed by atoms with Crippen LogP contribution in [0.4, 0.5) is 11.4 Å². The Morgan fingerprint density at radius 1 is 0.895 bits per heavy atom. The van der Waals surface area contributed by atoms with Crippen molar-refractivity contribution in [3.63, 3.8) is 0 Å². The van der Waals surface area contributed by atoms with Gasteiger partial charge in [0.25, 0.3) is 0 Å². The molecule has 100 valence electrons. The first-order valence-corrected chi connectivity index (χ1v) is 6.35. The van der Waals surface area contributed by atoms with Crippen LogP contribution in [0, 0.1) is 0 Å². The van der Waals surface area contributed by atoms with Gasteiger partial charge in [-0.15, -0.1) is 0 Å². The second-order valence-corrected chi connectivity index (χ2v) is 4.76. The molecule has 0 heterocycles. The summed E-state index contributed by atoms with van der Waals surface area (Å²) in [6.07, 6.45) is 0. The van der Waals surface area contributed by atoms with Gasteiger partial charge in [0.15, 0.2) is 0 Å². The van der Waals surface area contributed by atoms with E-state index in [0.29, 0.717) is 11.6 Å². The molecule has 2 rings (SSSR count). The minimum absolute atomic E-state index is 0.488. The van der Waals surface area contributed by atoms with E-state index in [1.165, 1.54) is 10.6 Å². The number of anilines is 2. The predicted molar refractivity (Wildman–Crippen MR) is 77.5 cm³/mol. The average molecular weight is 257 g/mol. The van der Waals surface area contributed by atoms with E-state index in [1.54, 1.807) is 7.11 Å². The lowest BCUT2D eigenvalue weighted by Crippen LogP contribution is -2.10. The highest BCUT2D eigenvalue weighted by molar-refractivity contribution is 5.61. The maximum atomic E-state index is 10.2. The van der Waals surface area contributed by atoms with Crippen molar-refractivity contribution in [1.29, 1.82) is 0 Å². The molecule has 0 bridgehead atoms. The largest absolute Gasteiger partial charge is 0.497 e. The zero-order valence-corrected chi connectivity index (χ0v) is 11.5. The number of benzene rings is 2. The van der Waals surface area contributed by atoms with Crippen molar-refractivity contribution in [3.8, 4) is 5.75 Å². The molecular formula is C16H19NO2. The maximum Gasteiger partial charge on any atom is 0.119 e. The highest BCUT2D eigenvalue weighted by atomic mass is 16.5. The molecule has 0 aromatic heterocycles. The summed E-state index contributed by atoms with van der Waals surface area (Å²) in [6.45, 7) is 4.30. The van der Waals surface area contributed by atoms with Gasteiger partial charge in [-0.3, -0.25) is 5.21 Å². The van der Waals surface area contributed by atoms with Crippen LogP contribution < -0.4 is 9.80 Å². The lowest BCUT2D eigenvalue weighted by atomic mass is 10.0. The Hall–Kier alpha value is -2.00. The molecule has 0 aliphatic heterocycles. The monoisotopic (exact) mass is 257 g/mol. The summed E-state index contributed by atoms with van der Waals surface area (Å²) in [5.41, 5.74) is 2.71. The molecule has 0 amide bonds. The molecule has 0 aliphatic carbocycles. The molecule has 0 aliphatic rings. The van der Waals surface area contributed by atoms with Crippen molar-refractivity contribution in [2.24, 2.45) is 0 Å². The van der Waals surface area contributed by atoms with Crippen LogP contribution in [0.2, 0.25) is 0 Å². The molecule has 0 unspecified atom stereocenters. The molecule has 19 heavy (non-hydrogen) atoms. The minimum atomic E-state index is 0.488. The van der Waals surface area contributed by atoms with Crippen molar-refractivity contribution >= 4 is 11.4 Å². The summed E-state index contributed by atoms with van der Waals surface area (Å²) in [6, 6.07) is 15.2. The van der Waals surface area contributed by atoms with Crippen LogP contribution >= 0.6 is 0 Å². The van der Waals surface area contributed by atoms with Crippen LogP contribution in [0.15, 0.2) is 48.5 Å². The molecule has 0 radical (unpaired) electrons. The van der Waals surface area contributed by atoms with Gasteiger partial charge in [-0.05, 0) is 47.9 Å². The van der Waals surface area contributed by atoms with Crippen LogP contribution in [-0.4, -0.2) is 12.3 Å². The van der Waals surface area contributed by atoms with Crippen LogP contribution in [-0.2, 0) is 0 Å². The van der Waals surface area contributed by atoms with E-state index in [-0.39, 0.29) is 0 Å². The quantitative estimate of drug-likeness (QED) is 0.827. The molecule has 2 aromatic rings. The third kappa shape index (κ3) is 3.06. The predicted octanol–water partition coefficient (Wildman–Crippen LogP) is 4.35. The Balaban J connectivity index is 2.20. The average Bonchev–Trinajstić information content (AvgIpc) is 2.46. The minimum Gasteiger partial charge on any atom is -0.497 e. The molecule has 0 atom stereocenters. The third-order valence-corrected chi connectivity index (χ3v) is 3.12. The summed E-state index contributed by atoms with van der Waals surface area (Å²) in [5, 5.41) is 11.3. The molecule has 3 nitrogen and oxygen atoms in total. The Morgan fingerprint density at radius 2 is 1.37 bits per heavy atom. The van der Waals surface area contributed by atoms with Gasteiger partial charge in [-0.1, -0.05) is 26.0 Å². The highest BCUT2D eigenvalue weighted by Crippen LogP contribution is 2.26. The second kappa shape index (κ2) is 5.76. The number of methoxy groups -OCH3 is 1. The molecule has 0 spiro atoms. The molecule has 0 saturated carbocycles. The summed E-state index contributed by atoms with van der Waals surface area (Å²) in [5.74, 6) is 1.26. The van der Waals surface area contributed by atoms with E-state index in [4.69, 9.17) is 4.74 Å². The van der Waals surface area contributed by atoms with E-state index < -0.39 is 0 Å². The van der Waals surface area contributed by atoms with E-state index in [9.17, 15) is 5.21 Å². The molecule has 0 fully saturated rings. The first-order chi connectivity index (χ1) is 9.11. The zero-order valence-electron chi connectivity index (χ0n) is 11.5. The van der Waals surface area contributed by atoms with Crippen LogP contribution in [0.5, 0.6) is 5.75 Å². The molecule has 2 aromatic carbocycles. The number of hydrogen-bond donors (Lipinski definition) is 1. The SMILES string of the molecule is COc1ccc(N(O)c2ccc(C(C)C)cc2)cc1. The van der Waals surface area contributed by atoms with E-state index in [1.807, 2.05) is 48.5 Å². The smallest absolute Gasteiger partial charge is 0.119 e. The number of nitrogens with zero attached hydrogens (tertiary/aromatic N) is 1. The number of ether oxygens (including phenoxy) is 1. The lowest BCUT2D eigenvalue weighted by molar-refractivity contribution is 0.301. The summed E-state index contributed by atoms with van der Waals surface area (Å²) >= 11 is 0. The molecular weight excluding hydrogens is 238 g/mol. The van der Waals surface area contributed by atoms with Crippen molar-refractivity contribution in [3.05, 3.63) is 54.1 Å². The molecule has 1 N–H and O–H groups in total. The first kappa shape index (κ1) is 13.4. The van der Waals surface area contributed by atoms with E-state index in [0.717, 1.165) is 11.4 Å². The van der Waals surface area contributed by atoms with Crippen LogP contribution in [0.1, 0.15) is 25.3 Å². The van der Waals surface area contributed by atoms with Gasteiger partial charge in [0.1, 0.15) is 5.75 Å². The standard InChI is InChI=1S/C16H19NO2/c1-12(2)13-4-6-14(7-5-13)17(18)15-8-10-16(19-3)11-9-15/h4-12,18H,1-3H3. The third-order valence-electron chi connectivity index (χ3n) is 3.12. The first-order valence-electron chi connectivity index (χ1n) is 6.35. The summed E-state index contributed by atoms with van der Waals surface area (Å²) in [4.78, 5) is 0.